The van der Waals surface area contributed by atoms with Crippen LogP contribution in [-0.2, 0) is 0 Å². The first kappa shape index (κ1) is 16.4. The smallest absolute Gasteiger partial charge is 0.269 e. The van der Waals surface area contributed by atoms with E-state index in [0.29, 0.717) is 10.8 Å². The minimum absolute atomic E-state index is 0.0319. The molecule has 24 heavy (non-hydrogen) atoms. The highest BCUT2D eigenvalue weighted by Crippen LogP contribution is 2.27. The Morgan fingerprint density at radius 3 is 2.54 bits per heavy atom. The zero-order valence-corrected chi connectivity index (χ0v) is 14.9. The highest BCUT2D eigenvalue weighted by molar-refractivity contribution is 7.17. The molecule has 0 N–H and O–H groups in total. The van der Waals surface area contributed by atoms with Crippen LogP contribution in [0.2, 0.25) is 0 Å². The van der Waals surface area contributed by atoms with E-state index in [1.165, 1.54) is 16.9 Å². The number of benzene rings is 2. The molecule has 1 heterocycles. The number of carbonyl (C=O) groups is 1. The molecule has 3 aromatic rings. The Labute approximate surface area is 146 Å². The number of anilines is 1. The molecule has 2 aromatic carbocycles. The van der Waals surface area contributed by atoms with Gasteiger partial charge < -0.3 is 4.90 Å². The topological polar surface area (TPSA) is 33.2 Å². The van der Waals surface area contributed by atoms with E-state index < -0.39 is 0 Å². The van der Waals surface area contributed by atoms with Gasteiger partial charge in [-0.25, -0.2) is 4.98 Å². The van der Waals surface area contributed by atoms with Crippen LogP contribution in [0, 0.1) is 0 Å². The number of nitrogens with zero attached hydrogens (tertiary/aromatic N) is 2. The number of rotatable bonds is 4. The van der Waals surface area contributed by atoms with Crippen LogP contribution in [0.15, 0.2) is 60.8 Å². The van der Waals surface area contributed by atoms with Crippen molar-refractivity contribution in [3.8, 4) is 10.6 Å². The largest absolute Gasteiger partial charge is 0.311 e. The standard InChI is InChI=1S/C20H20N2OS/c1-14(2)16-10-7-11-17(12-16)22(3)20(23)18-13-21-19(24-18)15-8-5-4-6-9-15/h4-14H,1-3H3. The lowest BCUT2D eigenvalue weighted by atomic mass is 10.0. The van der Waals surface area contributed by atoms with Crippen LogP contribution in [0.1, 0.15) is 35.0 Å². The van der Waals surface area contributed by atoms with Gasteiger partial charge in [-0.1, -0.05) is 56.3 Å². The van der Waals surface area contributed by atoms with Gasteiger partial charge in [0.2, 0.25) is 0 Å². The van der Waals surface area contributed by atoms with E-state index in [1.54, 1.807) is 11.1 Å². The number of hydrogen-bond acceptors (Lipinski definition) is 3. The summed E-state index contributed by atoms with van der Waals surface area (Å²) >= 11 is 1.43. The molecular formula is C20H20N2OS. The third kappa shape index (κ3) is 3.39. The van der Waals surface area contributed by atoms with E-state index in [1.807, 2.05) is 49.5 Å². The first-order valence-electron chi connectivity index (χ1n) is 7.95. The van der Waals surface area contributed by atoms with Crippen molar-refractivity contribution >= 4 is 22.9 Å². The van der Waals surface area contributed by atoms with Crippen molar-refractivity contribution in [1.82, 2.24) is 4.98 Å². The van der Waals surface area contributed by atoms with Crippen molar-refractivity contribution < 1.29 is 4.79 Å². The number of hydrogen-bond donors (Lipinski definition) is 0. The molecule has 0 fully saturated rings. The highest BCUT2D eigenvalue weighted by atomic mass is 32.1. The molecule has 0 atom stereocenters. The van der Waals surface area contributed by atoms with Gasteiger partial charge in [-0.3, -0.25) is 4.79 Å². The van der Waals surface area contributed by atoms with E-state index in [0.717, 1.165) is 16.3 Å². The predicted molar refractivity (Wildman–Crippen MR) is 101 cm³/mol. The maximum absolute atomic E-state index is 12.8. The second kappa shape index (κ2) is 6.97. The molecule has 0 radical (unpaired) electrons. The van der Waals surface area contributed by atoms with Crippen LogP contribution in [0.4, 0.5) is 5.69 Å². The Balaban J connectivity index is 1.84. The molecule has 0 spiro atoms. The lowest BCUT2D eigenvalue weighted by Gasteiger charge is -2.18. The Bertz CT molecular complexity index is 840. The fraction of sp³-hybridized carbons (Fsp3) is 0.200. The fourth-order valence-electron chi connectivity index (χ4n) is 2.46. The molecule has 122 valence electrons. The average molecular weight is 336 g/mol. The zero-order valence-electron chi connectivity index (χ0n) is 14.1. The molecule has 4 heteroatoms. The monoisotopic (exact) mass is 336 g/mol. The van der Waals surface area contributed by atoms with Crippen LogP contribution in [0.5, 0.6) is 0 Å². The third-order valence-corrected chi connectivity index (χ3v) is 5.00. The SMILES string of the molecule is CC(C)c1cccc(N(C)C(=O)c2cnc(-c3ccccc3)s2)c1. The molecular weight excluding hydrogens is 316 g/mol. The Hall–Kier alpha value is -2.46. The van der Waals surface area contributed by atoms with Crippen LogP contribution in [0.3, 0.4) is 0 Å². The second-order valence-electron chi connectivity index (χ2n) is 6.01. The van der Waals surface area contributed by atoms with Gasteiger partial charge in [0.05, 0.1) is 6.20 Å². The number of amides is 1. The van der Waals surface area contributed by atoms with Crippen molar-refractivity contribution in [2.45, 2.75) is 19.8 Å². The van der Waals surface area contributed by atoms with E-state index >= 15 is 0 Å². The van der Waals surface area contributed by atoms with Crippen LogP contribution in [0.25, 0.3) is 10.6 Å². The molecule has 3 nitrogen and oxygen atoms in total. The van der Waals surface area contributed by atoms with Crippen molar-refractivity contribution in [2.75, 3.05) is 11.9 Å². The van der Waals surface area contributed by atoms with Gasteiger partial charge in [0.1, 0.15) is 9.88 Å². The molecule has 0 saturated heterocycles. The van der Waals surface area contributed by atoms with Gasteiger partial charge in [-0.05, 0) is 23.6 Å². The first-order chi connectivity index (χ1) is 11.6. The fourth-order valence-corrected chi connectivity index (χ4v) is 3.36. The molecule has 1 amide bonds. The van der Waals surface area contributed by atoms with Gasteiger partial charge >= 0.3 is 0 Å². The van der Waals surface area contributed by atoms with Gasteiger partial charge in [0.15, 0.2) is 0 Å². The average Bonchev–Trinajstić information content (AvgIpc) is 3.11. The Morgan fingerprint density at radius 1 is 1.08 bits per heavy atom. The van der Waals surface area contributed by atoms with Gasteiger partial charge in [0.25, 0.3) is 5.91 Å². The molecule has 0 aliphatic carbocycles. The van der Waals surface area contributed by atoms with Gasteiger partial charge in [0, 0.05) is 18.3 Å². The molecule has 0 saturated carbocycles. The zero-order chi connectivity index (χ0) is 17.1. The summed E-state index contributed by atoms with van der Waals surface area (Å²) in [6.45, 7) is 4.30. The summed E-state index contributed by atoms with van der Waals surface area (Å²) in [6.07, 6.45) is 1.66. The maximum atomic E-state index is 12.8. The predicted octanol–water partition coefficient (Wildman–Crippen LogP) is 5.21. The van der Waals surface area contributed by atoms with E-state index in [2.05, 4.69) is 31.0 Å². The van der Waals surface area contributed by atoms with Gasteiger partial charge in [-0.15, -0.1) is 11.3 Å². The Kier molecular flexibility index (Phi) is 4.76. The second-order valence-corrected chi connectivity index (χ2v) is 7.04. The Morgan fingerprint density at radius 2 is 1.83 bits per heavy atom. The van der Waals surface area contributed by atoms with Crippen LogP contribution in [-0.4, -0.2) is 17.9 Å². The molecule has 0 unspecified atom stereocenters. The molecule has 3 rings (SSSR count). The maximum Gasteiger partial charge on any atom is 0.269 e. The quantitative estimate of drug-likeness (QED) is 0.655. The molecule has 1 aromatic heterocycles. The molecule has 0 bridgehead atoms. The third-order valence-electron chi connectivity index (χ3n) is 3.97. The lowest BCUT2D eigenvalue weighted by molar-refractivity contribution is 0.0996. The van der Waals surface area contributed by atoms with E-state index in [4.69, 9.17) is 0 Å². The minimum atomic E-state index is -0.0319. The van der Waals surface area contributed by atoms with Gasteiger partial charge in [-0.2, -0.15) is 0 Å². The van der Waals surface area contributed by atoms with Crippen molar-refractivity contribution in [1.29, 1.82) is 0 Å². The number of thiazole rings is 1. The summed E-state index contributed by atoms with van der Waals surface area (Å²) in [5, 5.41) is 0.864. The minimum Gasteiger partial charge on any atom is -0.311 e. The number of aromatic nitrogens is 1. The van der Waals surface area contributed by atoms with Crippen molar-refractivity contribution in [2.24, 2.45) is 0 Å². The molecule has 0 aliphatic heterocycles. The summed E-state index contributed by atoms with van der Waals surface area (Å²) < 4.78 is 0. The van der Waals surface area contributed by atoms with Crippen molar-refractivity contribution in [3.63, 3.8) is 0 Å². The van der Waals surface area contributed by atoms with E-state index in [-0.39, 0.29) is 5.91 Å². The first-order valence-corrected chi connectivity index (χ1v) is 8.77. The summed E-state index contributed by atoms with van der Waals surface area (Å²) in [5.41, 5.74) is 3.16. The summed E-state index contributed by atoms with van der Waals surface area (Å²) in [6, 6.07) is 18.0. The summed E-state index contributed by atoms with van der Waals surface area (Å²) in [7, 11) is 1.81. The summed E-state index contributed by atoms with van der Waals surface area (Å²) in [4.78, 5) is 19.5. The van der Waals surface area contributed by atoms with Crippen LogP contribution >= 0.6 is 11.3 Å². The number of carbonyl (C=O) groups excluding carboxylic acids is 1. The van der Waals surface area contributed by atoms with E-state index in [9.17, 15) is 4.79 Å². The highest BCUT2D eigenvalue weighted by Gasteiger charge is 2.17. The summed E-state index contributed by atoms with van der Waals surface area (Å²) in [5.74, 6) is 0.400. The lowest BCUT2D eigenvalue weighted by Crippen LogP contribution is -2.25. The molecule has 0 aliphatic rings. The normalized spacial score (nSPS) is 10.8. The van der Waals surface area contributed by atoms with Crippen molar-refractivity contribution in [3.05, 3.63) is 71.2 Å². The van der Waals surface area contributed by atoms with Crippen LogP contribution < -0.4 is 4.90 Å².